The van der Waals surface area contributed by atoms with Crippen LogP contribution in [0.25, 0.3) is 0 Å². The van der Waals surface area contributed by atoms with Crippen molar-refractivity contribution in [3.05, 3.63) is 57.5 Å². The smallest absolute Gasteiger partial charge is 0.153 e. The molecule has 2 aromatic heterocycles. The monoisotopic (exact) mass is 402 g/mol. The van der Waals surface area contributed by atoms with Crippen LogP contribution in [0.4, 0.5) is 17.5 Å². The molecule has 1 unspecified atom stereocenters. The van der Waals surface area contributed by atoms with Crippen LogP contribution in [-0.4, -0.2) is 20.2 Å². The summed E-state index contributed by atoms with van der Waals surface area (Å²) < 4.78 is 0. The van der Waals surface area contributed by atoms with Crippen molar-refractivity contribution >= 4 is 40.7 Å². The number of H-pyrrole nitrogens is 1. The summed E-state index contributed by atoms with van der Waals surface area (Å²) >= 11 is 12.3. The van der Waals surface area contributed by atoms with Crippen LogP contribution in [0.5, 0.6) is 0 Å². The van der Waals surface area contributed by atoms with Gasteiger partial charge in [0.25, 0.3) is 0 Å². The van der Waals surface area contributed by atoms with E-state index in [1.165, 1.54) is 18.5 Å². The van der Waals surface area contributed by atoms with Gasteiger partial charge >= 0.3 is 0 Å². The van der Waals surface area contributed by atoms with E-state index in [2.05, 4.69) is 30.8 Å². The summed E-state index contributed by atoms with van der Waals surface area (Å²) in [7, 11) is 0. The lowest BCUT2D eigenvalue weighted by Gasteiger charge is -2.17. The molecule has 1 fully saturated rings. The van der Waals surface area contributed by atoms with Crippen LogP contribution in [0.15, 0.2) is 30.3 Å². The van der Waals surface area contributed by atoms with Crippen molar-refractivity contribution in [2.45, 2.75) is 38.6 Å². The highest BCUT2D eigenvalue weighted by Crippen LogP contribution is 2.39. The van der Waals surface area contributed by atoms with E-state index in [1.54, 1.807) is 6.07 Å². The van der Waals surface area contributed by atoms with E-state index in [-0.39, 0.29) is 6.04 Å². The molecule has 27 heavy (non-hydrogen) atoms. The molecule has 4 rings (SSSR count). The van der Waals surface area contributed by atoms with E-state index >= 15 is 0 Å². The fourth-order valence-electron chi connectivity index (χ4n) is 2.99. The Morgan fingerprint density at radius 2 is 1.85 bits per heavy atom. The normalized spacial score (nSPS) is 14.8. The summed E-state index contributed by atoms with van der Waals surface area (Å²) in [6, 6.07) is 9.34. The largest absolute Gasteiger partial charge is 0.363 e. The number of hydrogen-bond donors (Lipinski definition) is 3. The number of rotatable bonds is 6. The van der Waals surface area contributed by atoms with Crippen molar-refractivity contribution in [3.8, 4) is 0 Å². The van der Waals surface area contributed by atoms with Crippen molar-refractivity contribution in [2.75, 3.05) is 10.6 Å². The van der Waals surface area contributed by atoms with Crippen LogP contribution in [0.3, 0.4) is 0 Å². The highest BCUT2D eigenvalue weighted by Gasteiger charge is 2.25. The molecular weight excluding hydrogens is 383 g/mol. The van der Waals surface area contributed by atoms with Crippen LogP contribution in [0, 0.1) is 6.92 Å². The highest BCUT2D eigenvalue weighted by molar-refractivity contribution is 6.35. The van der Waals surface area contributed by atoms with E-state index in [0.29, 0.717) is 33.4 Å². The summed E-state index contributed by atoms with van der Waals surface area (Å²) in [4.78, 5) is 8.92. The Hall–Kier alpha value is -2.31. The minimum absolute atomic E-state index is 0.0382. The maximum Gasteiger partial charge on any atom is 0.153 e. The number of aryl methyl sites for hydroxylation is 1. The Bertz CT molecular complexity index is 967. The van der Waals surface area contributed by atoms with Gasteiger partial charge in [0.15, 0.2) is 5.82 Å². The number of nitrogens with one attached hydrogen (secondary N) is 3. The molecule has 140 valence electrons. The second kappa shape index (κ2) is 7.37. The first-order valence-electron chi connectivity index (χ1n) is 8.87. The third-order valence-corrected chi connectivity index (χ3v) is 5.06. The fraction of sp³-hybridized carbons (Fsp3) is 0.316. The number of nitrogens with zero attached hydrogens (tertiary/aromatic N) is 3. The first-order chi connectivity index (χ1) is 13.0. The van der Waals surface area contributed by atoms with Crippen molar-refractivity contribution < 1.29 is 0 Å². The third kappa shape index (κ3) is 4.34. The maximum absolute atomic E-state index is 6.31. The lowest BCUT2D eigenvalue weighted by atomic mass is 10.1. The summed E-state index contributed by atoms with van der Waals surface area (Å²) in [6.07, 6.45) is 2.46. The van der Waals surface area contributed by atoms with Gasteiger partial charge in [-0.2, -0.15) is 5.10 Å². The zero-order chi connectivity index (χ0) is 19.0. The van der Waals surface area contributed by atoms with Crippen LogP contribution < -0.4 is 10.6 Å². The number of aromatic amines is 1. The average molecular weight is 403 g/mol. The zero-order valence-corrected chi connectivity index (χ0v) is 16.6. The molecule has 1 aliphatic rings. The number of halogens is 2. The van der Waals surface area contributed by atoms with Gasteiger partial charge < -0.3 is 10.6 Å². The molecule has 6 nitrogen and oxygen atoms in total. The van der Waals surface area contributed by atoms with Gasteiger partial charge in [-0.1, -0.05) is 29.3 Å². The molecule has 0 aliphatic heterocycles. The first kappa shape index (κ1) is 18.1. The van der Waals surface area contributed by atoms with Gasteiger partial charge in [0.2, 0.25) is 0 Å². The molecule has 0 spiro atoms. The molecule has 0 radical (unpaired) electrons. The number of anilines is 3. The van der Waals surface area contributed by atoms with Gasteiger partial charge in [0.05, 0.1) is 6.04 Å². The van der Waals surface area contributed by atoms with Crippen LogP contribution in [0.1, 0.15) is 48.8 Å². The minimum atomic E-state index is -0.0382. The Kier molecular flexibility index (Phi) is 4.93. The summed E-state index contributed by atoms with van der Waals surface area (Å²) in [6.45, 7) is 3.88. The Balaban J connectivity index is 1.50. The van der Waals surface area contributed by atoms with Crippen LogP contribution >= 0.6 is 23.2 Å². The van der Waals surface area contributed by atoms with Gasteiger partial charge in [-0.25, -0.2) is 9.97 Å². The van der Waals surface area contributed by atoms with E-state index in [1.807, 2.05) is 38.1 Å². The van der Waals surface area contributed by atoms with Gasteiger partial charge in [0, 0.05) is 33.8 Å². The average Bonchev–Trinajstić information content (AvgIpc) is 3.34. The summed E-state index contributed by atoms with van der Waals surface area (Å²) in [5.41, 5.74) is 2.13. The molecule has 0 amide bonds. The van der Waals surface area contributed by atoms with Crippen molar-refractivity contribution in [1.82, 2.24) is 20.2 Å². The predicted octanol–water partition coefficient (Wildman–Crippen LogP) is 5.61. The number of aromatic nitrogens is 4. The topological polar surface area (TPSA) is 78.5 Å². The Labute approximate surface area is 167 Å². The molecule has 1 atom stereocenters. The lowest BCUT2D eigenvalue weighted by molar-refractivity contribution is 0.868. The molecule has 1 saturated carbocycles. The van der Waals surface area contributed by atoms with Gasteiger partial charge in [-0.15, -0.1) is 0 Å². The maximum atomic E-state index is 6.31. The third-order valence-electron chi connectivity index (χ3n) is 4.50. The second-order valence-corrected chi connectivity index (χ2v) is 7.67. The molecule has 1 aliphatic carbocycles. The van der Waals surface area contributed by atoms with Crippen molar-refractivity contribution in [2.24, 2.45) is 0 Å². The highest BCUT2D eigenvalue weighted by atomic mass is 35.5. The first-order valence-corrected chi connectivity index (χ1v) is 9.63. The van der Waals surface area contributed by atoms with E-state index in [0.717, 1.165) is 11.4 Å². The predicted molar refractivity (Wildman–Crippen MR) is 109 cm³/mol. The van der Waals surface area contributed by atoms with Gasteiger partial charge in [-0.3, -0.25) is 5.10 Å². The SMILES string of the molecule is Cc1nc(Nc2cc(C3CC3)[nH]n2)cc(NC(C)c2ccc(Cl)cc2Cl)n1. The molecule has 3 N–H and O–H groups in total. The van der Waals surface area contributed by atoms with Crippen LogP contribution in [-0.2, 0) is 0 Å². The lowest BCUT2D eigenvalue weighted by Crippen LogP contribution is -2.10. The summed E-state index contributed by atoms with van der Waals surface area (Å²) in [5, 5.41) is 15.3. The van der Waals surface area contributed by atoms with Gasteiger partial charge in [-0.05, 0) is 44.4 Å². The number of hydrogen-bond acceptors (Lipinski definition) is 5. The van der Waals surface area contributed by atoms with Crippen molar-refractivity contribution in [1.29, 1.82) is 0 Å². The number of benzene rings is 1. The molecule has 8 heteroatoms. The molecule has 0 saturated heterocycles. The van der Waals surface area contributed by atoms with Crippen LogP contribution in [0.2, 0.25) is 10.0 Å². The quantitative estimate of drug-likeness (QED) is 0.499. The van der Waals surface area contributed by atoms with E-state index in [9.17, 15) is 0 Å². The molecule has 0 bridgehead atoms. The van der Waals surface area contributed by atoms with Gasteiger partial charge in [0.1, 0.15) is 17.5 Å². The Morgan fingerprint density at radius 3 is 2.59 bits per heavy atom. The Morgan fingerprint density at radius 1 is 1.07 bits per heavy atom. The van der Waals surface area contributed by atoms with E-state index < -0.39 is 0 Å². The second-order valence-electron chi connectivity index (χ2n) is 6.83. The standard InChI is InChI=1S/C19H20Cl2N6/c1-10(14-6-5-13(20)7-15(14)21)22-17-9-18(24-11(2)23-17)25-19-8-16(26-27-19)12-3-4-12/h5-10,12H,3-4H2,1-2H3,(H3,22,23,24,25,26,27). The van der Waals surface area contributed by atoms with E-state index in [4.69, 9.17) is 23.2 Å². The summed E-state index contributed by atoms with van der Waals surface area (Å²) in [5.74, 6) is 3.45. The molecule has 1 aromatic carbocycles. The fourth-order valence-corrected chi connectivity index (χ4v) is 3.57. The van der Waals surface area contributed by atoms with Crippen molar-refractivity contribution in [3.63, 3.8) is 0 Å². The molecule has 2 heterocycles. The molecular formula is C19H20Cl2N6. The zero-order valence-electron chi connectivity index (χ0n) is 15.1. The molecule has 3 aromatic rings. The minimum Gasteiger partial charge on any atom is -0.363 e.